The zero-order valence-electron chi connectivity index (χ0n) is 13.4. The van der Waals surface area contributed by atoms with Crippen molar-refractivity contribution in [2.75, 3.05) is 0 Å². The van der Waals surface area contributed by atoms with Crippen LogP contribution in [0.1, 0.15) is 15.9 Å². The van der Waals surface area contributed by atoms with Gasteiger partial charge in [0.1, 0.15) is 8.67 Å². The number of benzene rings is 2. The number of hydrogen-bond donors (Lipinski definition) is 0. The number of carbonyl (C=O) groups is 1. The molecule has 5 heteroatoms. The lowest BCUT2D eigenvalue weighted by Gasteiger charge is -2.07. The lowest BCUT2D eigenvalue weighted by atomic mass is 9.95. The topological polar surface area (TPSA) is 17.1 Å². The second-order valence-electron chi connectivity index (χ2n) is 5.66. The smallest absolute Gasteiger partial charge is 0.199 e. The van der Waals surface area contributed by atoms with Gasteiger partial charge in [-0.2, -0.15) is 0 Å². The third kappa shape index (κ3) is 3.12. The van der Waals surface area contributed by atoms with Crippen molar-refractivity contribution in [1.29, 1.82) is 0 Å². The van der Waals surface area contributed by atoms with Gasteiger partial charge < -0.3 is 0 Å². The Morgan fingerprint density at radius 1 is 0.654 bits per heavy atom. The van der Waals surface area contributed by atoms with Crippen LogP contribution in [-0.2, 0) is 0 Å². The van der Waals surface area contributed by atoms with Crippen molar-refractivity contribution in [1.82, 2.24) is 0 Å². The van der Waals surface area contributed by atoms with E-state index in [9.17, 15) is 4.79 Å². The molecule has 0 saturated carbocycles. The number of hydrogen-bond acceptors (Lipinski definition) is 3. The zero-order chi connectivity index (χ0) is 18.1. The molecule has 0 saturated heterocycles. The minimum atomic E-state index is -0.139. The number of rotatable bonds is 4. The first-order valence-corrected chi connectivity index (χ1v) is 10.4. The van der Waals surface area contributed by atoms with Crippen LogP contribution in [0.15, 0.2) is 71.4 Å². The Bertz CT molecular complexity index is 980. The maximum Gasteiger partial charge on any atom is 0.199 e. The summed E-state index contributed by atoms with van der Waals surface area (Å²) in [7, 11) is 0. The highest BCUT2D eigenvalue weighted by atomic mass is 35.5. The van der Waals surface area contributed by atoms with Crippen molar-refractivity contribution in [3.05, 3.63) is 91.2 Å². The lowest BCUT2D eigenvalue weighted by molar-refractivity contribution is 0.104. The summed E-state index contributed by atoms with van der Waals surface area (Å²) in [6.07, 6.45) is 0. The highest BCUT2D eigenvalue weighted by molar-refractivity contribution is 7.16. The molecule has 0 amide bonds. The normalized spacial score (nSPS) is 10.8. The molecule has 0 radical (unpaired) electrons. The van der Waals surface area contributed by atoms with Gasteiger partial charge >= 0.3 is 0 Å². The van der Waals surface area contributed by atoms with Gasteiger partial charge in [-0.05, 0) is 11.1 Å². The van der Waals surface area contributed by atoms with E-state index in [0.29, 0.717) is 19.8 Å². The Morgan fingerprint density at radius 2 is 1.04 bits per heavy atom. The molecule has 0 unspecified atom stereocenters. The Labute approximate surface area is 169 Å². The molecule has 0 fully saturated rings. The average Bonchev–Trinajstić information content (AvgIpc) is 3.25. The van der Waals surface area contributed by atoms with Crippen LogP contribution < -0.4 is 0 Å². The Hall–Kier alpha value is -1.91. The first-order valence-electron chi connectivity index (χ1n) is 7.86. The highest BCUT2D eigenvalue weighted by Crippen LogP contribution is 2.41. The molecular formula is C21H12Cl2OS2. The van der Waals surface area contributed by atoms with Gasteiger partial charge in [0.15, 0.2) is 5.78 Å². The van der Waals surface area contributed by atoms with Crippen LogP contribution in [0.2, 0.25) is 8.67 Å². The highest BCUT2D eigenvalue weighted by Gasteiger charge is 2.26. The first kappa shape index (κ1) is 17.5. The molecule has 0 atom stereocenters. The molecule has 26 heavy (non-hydrogen) atoms. The van der Waals surface area contributed by atoms with Gasteiger partial charge in [0.2, 0.25) is 0 Å². The van der Waals surface area contributed by atoms with E-state index in [1.54, 1.807) is 0 Å². The maximum atomic E-state index is 13.4. The van der Waals surface area contributed by atoms with Crippen LogP contribution in [0, 0.1) is 0 Å². The summed E-state index contributed by atoms with van der Waals surface area (Å²) in [5.41, 5.74) is 4.64. The van der Waals surface area contributed by atoms with Crippen molar-refractivity contribution in [3.63, 3.8) is 0 Å². The summed E-state index contributed by atoms with van der Waals surface area (Å²) in [5.74, 6) is -0.139. The predicted octanol–water partition coefficient (Wildman–Crippen LogP) is 7.68. The average molecular weight is 415 g/mol. The van der Waals surface area contributed by atoms with E-state index in [1.807, 2.05) is 71.4 Å². The summed E-state index contributed by atoms with van der Waals surface area (Å²) in [6.45, 7) is 0. The minimum absolute atomic E-state index is 0.139. The molecule has 2 aromatic carbocycles. The summed E-state index contributed by atoms with van der Waals surface area (Å²) >= 11 is 15.6. The fourth-order valence-corrected chi connectivity index (χ4v) is 5.11. The predicted molar refractivity (Wildman–Crippen MR) is 113 cm³/mol. The van der Waals surface area contributed by atoms with E-state index in [2.05, 4.69) is 0 Å². The zero-order valence-corrected chi connectivity index (χ0v) is 16.6. The molecule has 0 aliphatic heterocycles. The second kappa shape index (κ2) is 7.37. The largest absolute Gasteiger partial charge is 0.288 e. The van der Waals surface area contributed by atoms with Crippen LogP contribution in [0.5, 0.6) is 0 Å². The molecule has 2 heterocycles. The third-order valence-corrected chi connectivity index (χ3v) is 6.56. The SMILES string of the molecule is O=C(c1c(-c2ccccc2)csc1Cl)c1c(-c2ccccc2)csc1Cl. The molecule has 0 aliphatic carbocycles. The third-order valence-electron chi connectivity index (χ3n) is 4.12. The van der Waals surface area contributed by atoms with Crippen LogP contribution in [-0.4, -0.2) is 5.78 Å². The molecule has 2 aromatic heterocycles. The van der Waals surface area contributed by atoms with E-state index in [1.165, 1.54) is 22.7 Å². The second-order valence-corrected chi connectivity index (χ2v) is 8.62. The van der Waals surface area contributed by atoms with Crippen molar-refractivity contribution in [2.24, 2.45) is 0 Å². The van der Waals surface area contributed by atoms with Crippen molar-refractivity contribution in [2.45, 2.75) is 0 Å². The van der Waals surface area contributed by atoms with Gasteiger partial charge in [0.25, 0.3) is 0 Å². The van der Waals surface area contributed by atoms with Gasteiger partial charge in [-0.1, -0.05) is 83.9 Å². The number of carbonyl (C=O) groups excluding carboxylic acids is 1. The molecule has 0 N–H and O–H groups in total. The van der Waals surface area contributed by atoms with Crippen LogP contribution in [0.4, 0.5) is 0 Å². The van der Waals surface area contributed by atoms with Gasteiger partial charge in [0, 0.05) is 21.9 Å². The Kier molecular flexibility index (Phi) is 4.96. The summed E-state index contributed by atoms with van der Waals surface area (Å²) < 4.78 is 0.963. The van der Waals surface area contributed by atoms with Crippen molar-refractivity contribution >= 4 is 51.7 Å². The number of halogens is 2. The van der Waals surface area contributed by atoms with E-state index in [4.69, 9.17) is 23.2 Å². The standard InChI is InChI=1S/C21H12Cl2OS2/c22-20-17(15(11-25-20)13-7-3-1-4-8-13)19(24)18-16(12-26-21(18)23)14-9-5-2-6-10-14/h1-12H. The monoisotopic (exact) mass is 414 g/mol. The fraction of sp³-hybridized carbons (Fsp3) is 0. The van der Waals surface area contributed by atoms with Crippen molar-refractivity contribution in [3.8, 4) is 22.3 Å². The quantitative estimate of drug-likeness (QED) is 0.312. The molecule has 0 spiro atoms. The van der Waals surface area contributed by atoms with Crippen LogP contribution >= 0.6 is 45.9 Å². The summed E-state index contributed by atoms with van der Waals surface area (Å²) in [4.78, 5) is 13.4. The van der Waals surface area contributed by atoms with Crippen LogP contribution in [0.25, 0.3) is 22.3 Å². The number of thiophene rings is 2. The summed E-state index contributed by atoms with van der Waals surface area (Å²) in [5, 5.41) is 3.85. The van der Waals surface area contributed by atoms with E-state index in [0.717, 1.165) is 22.3 Å². The Balaban J connectivity index is 1.87. The van der Waals surface area contributed by atoms with Gasteiger partial charge in [-0.3, -0.25) is 4.79 Å². The fourth-order valence-electron chi connectivity index (χ4n) is 2.88. The van der Waals surface area contributed by atoms with Gasteiger partial charge in [-0.25, -0.2) is 0 Å². The molecular weight excluding hydrogens is 403 g/mol. The molecule has 4 aromatic rings. The first-order chi connectivity index (χ1) is 12.7. The van der Waals surface area contributed by atoms with Crippen molar-refractivity contribution < 1.29 is 4.79 Å². The van der Waals surface area contributed by atoms with Gasteiger partial charge in [-0.15, -0.1) is 22.7 Å². The van der Waals surface area contributed by atoms with E-state index >= 15 is 0 Å². The Morgan fingerprint density at radius 3 is 1.42 bits per heavy atom. The number of ketones is 1. The molecule has 128 valence electrons. The lowest BCUT2D eigenvalue weighted by Crippen LogP contribution is -2.03. The molecule has 4 rings (SSSR count). The van der Waals surface area contributed by atoms with Crippen LogP contribution in [0.3, 0.4) is 0 Å². The van der Waals surface area contributed by atoms with Gasteiger partial charge in [0.05, 0.1) is 11.1 Å². The van der Waals surface area contributed by atoms with E-state index < -0.39 is 0 Å². The molecule has 0 aliphatic rings. The minimum Gasteiger partial charge on any atom is -0.288 e. The molecule has 1 nitrogen and oxygen atoms in total. The maximum absolute atomic E-state index is 13.4. The van der Waals surface area contributed by atoms with E-state index in [-0.39, 0.29) is 5.78 Å². The molecule has 0 bridgehead atoms. The summed E-state index contributed by atoms with van der Waals surface area (Å²) in [6, 6.07) is 19.6.